The lowest BCUT2D eigenvalue weighted by Gasteiger charge is -2.30. The molecule has 0 spiro atoms. The van der Waals surface area contributed by atoms with Gasteiger partial charge < -0.3 is 20.9 Å². The molecule has 0 aromatic carbocycles. The zero-order valence-electron chi connectivity index (χ0n) is 20.9. The van der Waals surface area contributed by atoms with Crippen molar-refractivity contribution in [1.29, 1.82) is 0 Å². The van der Waals surface area contributed by atoms with Gasteiger partial charge in [-0.1, -0.05) is 6.42 Å². The lowest BCUT2D eigenvalue weighted by atomic mass is 9.92. The Balaban J connectivity index is 1.79. The fraction of sp³-hybridized carbons (Fsp3) is 0.783. The molecule has 5 atom stereocenters. The molecule has 0 aromatic heterocycles. The van der Waals surface area contributed by atoms with E-state index in [9.17, 15) is 45.9 Å². The molecule has 4 unspecified atom stereocenters. The fourth-order valence-corrected chi connectivity index (χ4v) is 5.32. The molecule has 10 nitrogen and oxygen atoms in total. The molecule has 4 amide bonds. The summed E-state index contributed by atoms with van der Waals surface area (Å²) in [5.41, 5.74) is -2.02. The van der Waals surface area contributed by atoms with Gasteiger partial charge in [0.2, 0.25) is 11.8 Å². The summed E-state index contributed by atoms with van der Waals surface area (Å²) < 4.78 is 67.6. The van der Waals surface area contributed by atoms with Gasteiger partial charge in [-0.05, 0) is 51.4 Å². The van der Waals surface area contributed by atoms with Crippen molar-refractivity contribution >= 4 is 29.4 Å². The van der Waals surface area contributed by atoms with Crippen LogP contribution in [0.15, 0.2) is 0 Å². The predicted octanol–water partition coefficient (Wildman–Crippen LogP) is 0.890. The standard InChI is InChI=1S/C23H31F5N4O6/c1-22(2,21(24)25)31-19(36)20(37)32-9-12-4-3-5-13(12)16(32)18(35)30-14(8-11-6-7-29-17(11)34)15(33)10-38-23(26,27)28/h11-14,16,21H,3-10H2,1-2H3,(H,29,34)(H,30,35)(H,31,36)/t11?,12?,13?,14?,16-/m0/s1. The van der Waals surface area contributed by atoms with Crippen LogP contribution < -0.4 is 16.0 Å². The third kappa shape index (κ3) is 6.97. The summed E-state index contributed by atoms with van der Waals surface area (Å²) in [6, 6.07) is -2.77. The van der Waals surface area contributed by atoms with E-state index in [0.29, 0.717) is 25.8 Å². The van der Waals surface area contributed by atoms with Crippen LogP contribution in [0.3, 0.4) is 0 Å². The van der Waals surface area contributed by atoms with Crippen LogP contribution in [0.5, 0.6) is 0 Å². The Bertz CT molecular complexity index is 959. The first-order chi connectivity index (χ1) is 17.6. The number of hydrogen-bond donors (Lipinski definition) is 3. The highest BCUT2D eigenvalue weighted by molar-refractivity contribution is 6.35. The van der Waals surface area contributed by atoms with E-state index in [1.165, 1.54) is 0 Å². The Labute approximate surface area is 215 Å². The van der Waals surface area contributed by atoms with E-state index in [-0.39, 0.29) is 18.9 Å². The van der Waals surface area contributed by atoms with Gasteiger partial charge in [0.05, 0.1) is 11.6 Å². The number of halogens is 5. The second-order valence-corrected chi connectivity index (χ2v) is 10.5. The molecule has 1 saturated carbocycles. The van der Waals surface area contributed by atoms with Crippen LogP contribution in [0.25, 0.3) is 0 Å². The highest BCUT2D eigenvalue weighted by Crippen LogP contribution is 2.42. The molecule has 3 N–H and O–H groups in total. The van der Waals surface area contributed by atoms with Gasteiger partial charge in [0.15, 0.2) is 5.78 Å². The molecule has 3 rings (SSSR count). The Kier molecular flexibility index (Phi) is 8.99. The van der Waals surface area contributed by atoms with Crippen LogP contribution in [0, 0.1) is 17.8 Å². The molecule has 0 bridgehead atoms. The first-order valence-corrected chi connectivity index (χ1v) is 12.3. The van der Waals surface area contributed by atoms with Crippen LogP contribution in [0.2, 0.25) is 0 Å². The van der Waals surface area contributed by atoms with Crippen LogP contribution in [0.4, 0.5) is 22.0 Å². The van der Waals surface area contributed by atoms with Crippen molar-refractivity contribution in [2.24, 2.45) is 17.8 Å². The maximum atomic E-state index is 13.4. The van der Waals surface area contributed by atoms with Gasteiger partial charge in [0, 0.05) is 19.0 Å². The normalized spacial score (nSPS) is 26.2. The van der Waals surface area contributed by atoms with Gasteiger partial charge in [0.25, 0.3) is 6.43 Å². The third-order valence-electron chi connectivity index (χ3n) is 7.36. The van der Waals surface area contributed by atoms with Crippen LogP contribution >= 0.6 is 0 Å². The minimum absolute atomic E-state index is 0.00490. The second kappa shape index (κ2) is 11.5. The highest BCUT2D eigenvalue weighted by atomic mass is 19.4. The summed E-state index contributed by atoms with van der Waals surface area (Å²) in [4.78, 5) is 64.5. The highest BCUT2D eigenvalue weighted by Gasteiger charge is 2.51. The van der Waals surface area contributed by atoms with E-state index >= 15 is 0 Å². The van der Waals surface area contributed by atoms with Gasteiger partial charge >= 0.3 is 18.2 Å². The SMILES string of the molecule is CC(C)(NC(=O)C(=O)N1CC2CCCC2[C@H]1C(=O)NC(CC1CCNC1=O)C(=O)COC(F)(F)F)C(F)F. The molecule has 0 radical (unpaired) electrons. The molecular weight excluding hydrogens is 523 g/mol. The number of ketones is 1. The zero-order valence-corrected chi connectivity index (χ0v) is 20.9. The summed E-state index contributed by atoms with van der Waals surface area (Å²) in [5.74, 6) is -6.24. The molecule has 2 heterocycles. The molecule has 2 aliphatic heterocycles. The van der Waals surface area contributed by atoms with Crippen LogP contribution in [-0.2, 0) is 28.7 Å². The van der Waals surface area contributed by atoms with Gasteiger partial charge in [0.1, 0.15) is 12.6 Å². The smallest absolute Gasteiger partial charge is 0.356 e. The lowest BCUT2D eigenvalue weighted by molar-refractivity contribution is -0.321. The van der Waals surface area contributed by atoms with E-state index in [1.807, 2.05) is 5.32 Å². The van der Waals surface area contributed by atoms with Crippen molar-refractivity contribution < 1.29 is 50.7 Å². The summed E-state index contributed by atoms with van der Waals surface area (Å²) in [6.45, 7) is 0.975. The maximum Gasteiger partial charge on any atom is 0.522 e. The van der Waals surface area contributed by atoms with E-state index in [2.05, 4.69) is 15.4 Å². The summed E-state index contributed by atoms with van der Waals surface area (Å²) >= 11 is 0. The van der Waals surface area contributed by atoms with Crippen molar-refractivity contribution in [3.05, 3.63) is 0 Å². The van der Waals surface area contributed by atoms with Crippen molar-refractivity contribution in [3.63, 3.8) is 0 Å². The van der Waals surface area contributed by atoms with Crippen molar-refractivity contribution in [1.82, 2.24) is 20.9 Å². The van der Waals surface area contributed by atoms with Crippen LogP contribution in [-0.4, -0.2) is 84.4 Å². The van der Waals surface area contributed by atoms with Crippen molar-refractivity contribution in [3.8, 4) is 0 Å². The average Bonchev–Trinajstić information content (AvgIpc) is 3.51. The Morgan fingerprint density at radius 3 is 2.39 bits per heavy atom. The number of likely N-dealkylation sites (tertiary alicyclic amines) is 1. The average molecular weight is 555 g/mol. The lowest BCUT2D eigenvalue weighted by Crippen LogP contribution is -2.58. The fourth-order valence-electron chi connectivity index (χ4n) is 5.32. The van der Waals surface area contributed by atoms with Crippen molar-refractivity contribution in [2.75, 3.05) is 19.7 Å². The number of Topliss-reactive ketones (excluding diaryl/α,β-unsaturated/α-hetero) is 1. The van der Waals surface area contributed by atoms with E-state index in [1.54, 1.807) is 0 Å². The monoisotopic (exact) mass is 554 g/mol. The number of hydrogen-bond acceptors (Lipinski definition) is 6. The molecule has 3 aliphatic rings. The topological polar surface area (TPSA) is 134 Å². The van der Waals surface area contributed by atoms with E-state index in [0.717, 1.165) is 25.2 Å². The number of alkyl halides is 5. The molecular formula is C23H31F5N4O6. The molecule has 2 saturated heterocycles. The van der Waals surface area contributed by atoms with Gasteiger partial charge in [-0.3, -0.25) is 28.7 Å². The number of amides is 4. The van der Waals surface area contributed by atoms with Gasteiger partial charge in [-0.2, -0.15) is 0 Å². The number of nitrogens with one attached hydrogen (secondary N) is 3. The van der Waals surface area contributed by atoms with E-state index < -0.39 is 78.3 Å². The Morgan fingerprint density at radius 2 is 1.82 bits per heavy atom. The molecule has 0 aromatic rings. The Hall–Kier alpha value is -2.84. The molecule has 15 heteroatoms. The molecule has 3 fully saturated rings. The largest absolute Gasteiger partial charge is 0.522 e. The number of carbonyl (C=O) groups excluding carboxylic acids is 5. The van der Waals surface area contributed by atoms with E-state index in [4.69, 9.17) is 0 Å². The molecule has 38 heavy (non-hydrogen) atoms. The predicted molar refractivity (Wildman–Crippen MR) is 119 cm³/mol. The minimum atomic E-state index is -5.10. The summed E-state index contributed by atoms with van der Waals surface area (Å²) in [6.07, 6.45) is -6.16. The number of carbonyl (C=O) groups is 5. The summed E-state index contributed by atoms with van der Waals surface area (Å²) in [7, 11) is 0. The number of ether oxygens (including phenoxy) is 1. The van der Waals surface area contributed by atoms with Gasteiger partial charge in [-0.25, -0.2) is 8.78 Å². The molecule has 1 aliphatic carbocycles. The number of rotatable bonds is 9. The minimum Gasteiger partial charge on any atom is -0.356 e. The van der Waals surface area contributed by atoms with Crippen LogP contribution in [0.1, 0.15) is 46.0 Å². The Morgan fingerprint density at radius 1 is 1.13 bits per heavy atom. The molecule has 214 valence electrons. The summed E-state index contributed by atoms with van der Waals surface area (Å²) in [5, 5.41) is 6.90. The van der Waals surface area contributed by atoms with Crippen molar-refractivity contribution in [2.45, 2.75) is 76.4 Å². The van der Waals surface area contributed by atoms with Gasteiger partial charge in [-0.15, -0.1) is 13.2 Å². The maximum absolute atomic E-state index is 13.4. The quantitative estimate of drug-likeness (QED) is 0.286. The first kappa shape index (κ1) is 29.7. The number of nitrogens with zero attached hydrogens (tertiary/aromatic N) is 1. The second-order valence-electron chi connectivity index (χ2n) is 10.5. The third-order valence-corrected chi connectivity index (χ3v) is 7.36. The first-order valence-electron chi connectivity index (χ1n) is 12.3. The number of fused-ring (bicyclic) bond motifs is 1. The zero-order chi connectivity index (χ0) is 28.4.